The van der Waals surface area contributed by atoms with Crippen LogP contribution in [0.25, 0.3) is 0 Å². The van der Waals surface area contributed by atoms with Gasteiger partial charge in [0.15, 0.2) is 0 Å². The van der Waals surface area contributed by atoms with Crippen molar-refractivity contribution in [3.05, 3.63) is 35.9 Å². The van der Waals surface area contributed by atoms with Gasteiger partial charge in [-0.25, -0.2) is 8.78 Å². The Hall–Kier alpha value is -1.47. The number of nitriles is 1. The van der Waals surface area contributed by atoms with Crippen LogP contribution in [0.2, 0.25) is 0 Å². The van der Waals surface area contributed by atoms with E-state index in [0.717, 1.165) is 5.56 Å². The molecule has 0 saturated carbocycles. The lowest BCUT2D eigenvalue weighted by Gasteiger charge is -2.34. The summed E-state index contributed by atoms with van der Waals surface area (Å²) in [6.45, 7) is 0.556. The van der Waals surface area contributed by atoms with Crippen molar-refractivity contribution in [1.82, 2.24) is 4.90 Å². The molecular formula is C13H14F2N2. The molecule has 1 fully saturated rings. The second kappa shape index (κ2) is 4.80. The van der Waals surface area contributed by atoms with Crippen molar-refractivity contribution in [3.8, 4) is 6.07 Å². The van der Waals surface area contributed by atoms with Crippen molar-refractivity contribution >= 4 is 0 Å². The van der Waals surface area contributed by atoms with Gasteiger partial charge >= 0.3 is 0 Å². The molecule has 1 aliphatic rings. The zero-order valence-corrected chi connectivity index (χ0v) is 9.44. The Labute approximate surface area is 99.5 Å². The van der Waals surface area contributed by atoms with Gasteiger partial charge in [0.05, 0.1) is 6.07 Å². The Morgan fingerprint density at radius 1 is 1.18 bits per heavy atom. The van der Waals surface area contributed by atoms with Crippen LogP contribution in [0.4, 0.5) is 8.78 Å². The highest BCUT2D eigenvalue weighted by molar-refractivity contribution is 5.24. The molecule has 1 saturated heterocycles. The van der Waals surface area contributed by atoms with Crippen molar-refractivity contribution in [2.24, 2.45) is 0 Å². The first-order valence-electron chi connectivity index (χ1n) is 5.69. The van der Waals surface area contributed by atoms with Gasteiger partial charge in [0.25, 0.3) is 5.92 Å². The van der Waals surface area contributed by atoms with Gasteiger partial charge in [-0.15, -0.1) is 0 Å². The third-order valence-corrected chi connectivity index (χ3v) is 3.13. The van der Waals surface area contributed by atoms with Crippen LogP contribution >= 0.6 is 0 Å². The molecule has 1 atom stereocenters. The normalized spacial score (nSPS) is 21.7. The maximum absolute atomic E-state index is 13.0. The van der Waals surface area contributed by atoms with Crippen molar-refractivity contribution in [2.45, 2.75) is 24.8 Å². The zero-order valence-electron chi connectivity index (χ0n) is 9.44. The van der Waals surface area contributed by atoms with E-state index in [0.29, 0.717) is 0 Å². The Morgan fingerprint density at radius 3 is 2.29 bits per heavy atom. The number of benzene rings is 1. The Balaban J connectivity index is 2.09. The number of nitrogens with zero attached hydrogens (tertiary/aromatic N) is 2. The van der Waals surface area contributed by atoms with Crippen LogP contribution in [0.15, 0.2) is 30.3 Å². The maximum Gasteiger partial charge on any atom is 0.250 e. The first kappa shape index (κ1) is 12.0. The first-order chi connectivity index (χ1) is 8.12. The molecular weight excluding hydrogens is 222 g/mol. The van der Waals surface area contributed by atoms with E-state index in [1.54, 1.807) is 0 Å². The summed E-state index contributed by atoms with van der Waals surface area (Å²) in [5.41, 5.74) is 0.875. The highest BCUT2D eigenvalue weighted by Crippen LogP contribution is 2.31. The third kappa shape index (κ3) is 2.80. The van der Waals surface area contributed by atoms with Gasteiger partial charge in [0.1, 0.15) is 6.04 Å². The molecule has 0 aliphatic carbocycles. The number of piperidine rings is 1. The fourth-order valence-electron chi connectivity index (χ4n) is 2.11. The fraction of sp³-hybridized carbons (Fsp3) is 0.462. The lowest BCUT2D eigenvalue weighted by Crippen LogP contribution is -2.41. The molecule has 0 amide bonds. The Kier molecular flexibility index (Phi) is 3.39. The maximum atomic E-state index is 13.0. The van der Waals surface area contributed by atoms with Crippen LogP contribution in [0.5, 0.6) is 0 Å². The molecule has 1 heterocycles. The predicted octanol–water partition coefficient (Wildman–Crippen LogP) is 2.98. The quantitative estimate of drug-likeness (QED) is 0.789. The first-order valence-corrected chi connectivity index (χ1v) is 5.69. The van der Waals surface area contributed by atoms with Crippen LogP contribution in [0, 0.1) is 11.3 Å². The topological polar surface area (TPSA) is 27.0 Å². The van der Waals surface area contributed by atoms with E-state index in [4.69, 9.17) is 0 Å². The van der Waals surface area contributed by atoms with Crippen LogP contribution in [0.3, 0.4) is 0 Å². The number of alkyl halides is 2. The zero-order chi connectivity index (χ0) is 12.3. The van der Waals surface area contributed by atoms with Crippen LogP contribution in [0.1, 0.15) is 24.4 Å². The van der Waals surface area contributed by atoms with Gasteiger partial charge in [0, 0.05) is 25.9 Å². The van der Waals surface area contributed by atoms with Gasteiger partial charge in [-0.2, -0.15) is 5.26 Å². The van der Waals surface area contributed by atoms with Gasteiger partial charge in [0.2, 0.25) is 0 Å². The van der Waals surface area contributed by atoms with E-state index in [2.05, 4.69) is 6.07 Å². The lowest BCUT2D eigenvalue weighted by molar-refractivity contribution is -0.0594. The van der Waals surface area contributed by atoms with Gasteiger partial charge in [-0.1, -0.05) is 30.3 Å². The van der Waals surface area contributed by atoms with E-state index in [-0.39, 0.29) is 25.9 Å². The molecule has 0 radical (unpaired) electrons. The Morgan fingerprint density at radius 2 is 1.76 bits per heavy atom. The molecule has 2 rings (SSSR count). The second-order valence-corrected chi connectivity index (χ2v) is 4.33. The van der Waals surface area contributed by atoms with Crippen molar-refractivity contribution in [3.63, 3.8) is 0 Å². The summed E-state index contributed by atoms with van der Waals surface area (Å²) in [4.78, 5) is 1.83. The summed E-state index contributed by atoms with van der Waals surface area (Å²) in [5, 5.41) is 9.18. The van der Waals surface area contributed by atoms with Gasteiger partial charge in [-0.3, -0.25) is 4.90 Å². The summed E-state index contributed by atoms with van der Waals surface area (Å²) in [5.74, 6) is -2.56. The molecule has 0 bridgehead atoms. The van der Waals surface area contributed by atoms with E-state index in [1.165, 1.54) is 0 Å². The summed E-state index contributed by atoms with van der Waals surface area (Å²) in [6, 6.07) is 11.1. The summed E-state index contributed by atoms with van der Waals surface area (Å²) in [6.07, 6.45) is -0.309. The molecule has 17 heavy (non-hydrogen) atoms. The van der Waals surface area contributed by atoms with Crippen LogP contribution in [-0.2, 0) is 0 Å². The van der Waals surface area contributed by atoms with Gasteiger partial charge in [-0.05, 0) is 5.56 Å². The molecule has 1 aromatic rings. The standard InChI is InChI=1S/C13H14F2N2/c14-13(15)6-8-17(9-7-13)12(10-16)11-4-2-1-3-5-11/h1-5,12H,6-9H2. The number of rotatable bonds is 2. The molecule has 1 aromatic carbocycles. The average Bonchev–Trinajstić information content (AvgIpc) is 2.33. The minimum Gasteiger partial charge on any atom is -0.284 e. The molecule has 1 aliphatic heterocycles. The van der Waals surface area contributed by atoms with E-state index in [1.807, 2.05) is 35.2 Å². The summed E-state index contributed by atoms with van der Waals surface area (Å²) < 4.78 is 26.1. The Bertz CT molecular complexity index is 401. The molecule has 2 nitrogen and oxygen atoms in total. The summed E-state index contributed by atoms with van der Waals surface area (Å²) in [7, 11) is 0. The van der Waals surface area contributed by atoms with Crippen LogP contribution < -0.4 is 0 Å². The number of halogens is 2. The van der Waals surface area contributed by atoms with Crippen LogP contribution in [-0.4, -0.2) is 23.9 Å². The summed E-state index contributed by atoms with van der Waals surface area (Å²) >= 11 is 0. The lowest BCUT2D eigenvalue weighted by atomic mass is 10.0. The van der Waals surface area contributed by atoms with E-state index < -0.39 is 12.0 Å². The largest absolute Gasteiger partial charge is 0.284 e. The van der Waals surface area contributed by atoms with Crippen molar-refractivity contribution < 1.29 is 8.78 Å². The number of hydrogen-bond donors (Lipinski definition) is 0. The minimum absolute atomic E-state index is 0.155. The highest BCUT2D eigenvalue weighted by atomic mass is 19.3. The molecule has 0 spiro atoms. The van der Waals surface area contributed by atoms with E-state index >= 15 is 0 Å². The minimum atomic E-state index is -2.56. The van der Waals surface area contributed by atoms with E-state index in [9.17, 15) is 14.0 Å². The molecule has 90 valence electrons. The van der Waals surface area contributed by atoms with Crippen molar-refractivity contribution in [2.75, 3.05) is 13.1 Å². The van der Waals surface area contributed by atoms with Gasteiger partial charge < -0.3 is 0 Å². The third-order valence-electron chi connectivity index (χ3n) is 3.13. The van der Waals surface area contributed by atoms with Crippen molar-refractivity contribution in [1.29, 1.82) is 5.26 Å². The molecule has 0 aromatic heterocycles. The average molecular weight is 236 g/mol. The number of likely N-dealkylation sites (tertiary alicyclic amines) is 1. The molecule has 1 unspecified atom stereocenters. The second-order valence-electron chi connectivity index (χ2n) is 4.33. The highest BCUT2D eigenvalue weighted by Gasteiger charge is 2.36. The molecule has 0 N–H and O–H groups in total. The molecule has 4 heteroatoms. The number of hydrogen-bond acceptors (Lipinski definition) is 2. The SMILES string of the molecule is N#CC(c1ccccc1)N1CCC(F)(F)CC1. The fourth-order valence-corrected chi connectivity index (χ4v) is 2.11. The monoisotopic (exact) mass is 236 g/mol. The smallest absolute Gasteiger partial charge is 0.250 e. The predicted molar refractivity (Wildman–Crippen MR) is 60.6 cm³/mol.